The van der Waals surface area contributed by atoms with E-state index in [2.05, 4.69) is 15.3 Å². The van der Waals surface area contributed by atoms with Crippen LogP contribution in [0.15, 0.2) is 42.3 Å². The van der Waals surface area contributed by atoms with E-state index in [1.807, 2.05) is 11.4 Å². The number of halogens is 1. The van der Waals surface area contributed by atoms with Crippen molar-refractivity contribution in [3.05, 3.63) is 53.0 Å². The molecule has 2 aromatic heterocycles. The number of rotatable bonds is 5. The molecule has 0 unspecified atom stereocenters. The highest BCUT2D eigenvalue weighted by Gasteiger charge is 2.24. The fraction of sp³-hybridized carbons (Fsp3) is 0.222. The van der Waals surface area contributed by atoms with Gasteiger partial charge in [-0.15, -0.1) is 11.3 Å². The van der Waals surface area contributed by atoms with E-state index in [0.717, 1.165) is 12.1 Å². The van der Waals surface area contributed by atoms with Gasteiger partial charge in [0.25, 0.3) is 0 Å². The normalized spacial score (nSPS) is 14.0. The maximum atomic E-state index is 12.3. The first kappa shape index (κ1) is 17.7. The number of thiazole rings is 1. The Labute approximate surface area is 164 Å². The summed E-state index contributed by atoms with van der Waals surface area (Å²) in [7, 11) is 0. The molecular weight excluding hydrogens is 386 g/mol. The average molecular weight is 402 g/mol. The molecule has 138 valence electrons. The quantitative estimate of drug-likeness (QED) is 0.711. The van der Waals surface area contributed by atoms with Crippen LogP contribution in [0.4, 0.5) is 10.8 Å². The maximum absolute atomic E-state index is 12.3. The highest BCUT2D eigenvalue weighted by molar-refractivity contribution is 7.14. The molecule has 0 bridgehead atoms. The van der Waals surface area contributed by atoms with E-state index >= 15 is 0 Å². The van der Waals surface area contributed by atoms with E-state index in [1.165, 1.54) is 11.3 Å². The van der Waals surface area contributed by atoms with Crippen molar-refractivity contribution < 1.29 is 9.59 Å². The van der Waals surface area contributed by atoms with Crippen LogP contribution in [0.3, 0.4) is 0 Å². The largest absolute Gasteiger partial charge is 0.326 e. The van der Waals surface area contributed by atoms with Gasteiger partial charge in [-0.05, 0) is 24.6 Å². The summed E-state index contributed by atoms with van der Waals surface area (Å²) in [5.41, 5.74) is 2.04. The Kier molecular flexibility index (Phi) is 4.91. The first-order chi connectivity index (χ1) is 13.1. The van der Waals surface area contributed by atoms with Crippen LogP contribution in [0, 0.1) is 0 Å². The highest BCUT2D eigenvalue weighted by atomic mass is 35.5. The maximum Gasteiger partial charge on any atom is 0.230 e. The Morgan fingerprint density at radius 2 is 2.26 bits per heavy atom. The minimum atomic E-state index is -0.189. The lowest BCUT2D eigenvalue weighted by Crippen LogP contribution is -2.23. The first-order valence-electron chi connectivity index (χ1n) is 8.42. The van der Waals surface area contributed by atoms with Gasteiger partial charge < -0.3 is 9.88 Å². The fourth-order valence-electron chi connectivity index (χ4n) is 2.92. The number of nitrogens with zero attached hydrogens (tertiary/aromatic N) is 4. The van der Waals surface area contributed by atoms with Gasteiger partial charge in [0.15, 0.2) is 5.13 Å². The fourth-order valence-corrected chi connectivity index (χ4v) is 4.06. The molecule has 0 aliphatic carbocycles. The zero-order chi connectivity index (χ0) is 18.8. The van der Waals surface area contributed by atoms with Gasteiger partial charge in [0.1, 0.15) is 0 Å². The Morgan fingerprint density at radius 3 is 2.96 bits per heavy atom. The topological polar surface area (TPSA) is 80.1 Å². The molecule has 0 atom stereocenters. The number of anilines is 2. The highest BCUT2D eigenvalue weighted by Crippen LogP contribution is 2.26. The third-order valence-electron chi connectivity index (χ3n) is 4.20. The second-order valence-corrected chi connectivity index (χ2v) is 7.38. The summed E-state index contributed by atoms with van der Waals surface area (Å²) in [5.74, 6) is -0.0981. The summed E-state index contributed by atoms with van der Waals surface area (Å²) in [4.78, 5) is 34.2. The lowest BCUT2D eigenvalue weighted by molar-refractivity contribution is -0.117. The Bertz CT molecular complexity index is 986. The summed E-state index contributed by atoms with van der Waals surface area (Å²) >= 11 is 7.69. The van der Waals surface area contributed by atoms with Crippen molar-refractivity contribution in [2.45, 2.75) is 19.3 Å². The van der Waals surface area contributed by atoms with Gasteiger partial charge in [-0.2, -0.15) is 0 Å². The average Bonchev–Trinajstić information content (AvgIpc) is 3.36. The molecule has 0 saturated carbocycles. The Morgan fingerprint density at radius 1 is 1.37 bits per heavy atom. The van der Waals surface area contributed by atoms with E-state index in [1.54, 1.807) is 40.3 Å². The van der Waals surface area contributed by atoms with E-state index in [0.29, 0.717) is 34.5 Å². The molecular formula is C18H16ClN5O2S. The lowest BCUT2D eigenvalue weighted by Gasteiger charge is -2.10. The number of amides is 2. The Hall–Kier alpha value is -2.71. The number of nitrogens with one attached hydrogen (secondary N) is 1. The molecule has 3 heterocycles. The van der Waals surface area contributed by atoms with Crippen LogP contribution in [-0.4, -0.2) is 32.9 Å². The van der Waals surface area contributed by atoms with Crippen LogP contribution in [0.5, 0.6) is 0 Å². The van der Waals surface area contributed by atoms with Crippen LogP contribution in [0.1, 0.15) is 18.5 Å². The van der Waals surface area contributed by atoms with E-state index in [4.69, 9.17) is 11.6 Å². The molecule has 3 aromatic rings. The van der Waals surface area contributed by atoms with Crippen LogP contribution < -0.4 is 10.2 Å². The van der Waals surface area contributed by atoms with Crippen molar-refractivity contribution in [1.82, 2.24) is 14.5 Å². The molecule has 0 spiro atoms. The molecule has 1 aromatic carbocycles. The van der Waals surface area contributed by atoms with Crippen LogP contribution in [-0.2, 0) is 16.0 Å². The van der Waals surface area contributed by atoms with Crippen molar-refractivity contribution >= 4 is 45.6 Å². The van der Waals surface area contributed by atoms with Crippen molar-refractivity contribution in [2.24, 2.45) is 0 Å². The SMILES string of the molecule is O=C(Cc1csc(N2CCCC2=O)n1)Nc1ccc(-n2ccnc2)c(Cl)c1. The van der Waals surface area contributed by atoms with Crippen LogP contribution in [0.2, 0.25) is 5.02 Å². The third-order valence-corrected chi connectivity index (χ3v) is 5.41. The van der Waals surface area contributed by atoms with Crippen LogP contribution >= 0.6 is 22.9 Å². The second kappa shape index (κ2) is 7.50. The monoisotopic (exact) mass is 401 g/mol. The van der Waals surface area contributed by atoms with E-state index in [-0.39, 0.29) is 18.2 Å². The predicted octanol–water partition coefficient (Wildman–Crippen LogP) is 3.29. The standard InChI is InChI=1S/C18H16ClN5O2S/c19-14-8-12(3-4-15(14)23-7-5-20-11-23)21-16(25)9-13-10-27-18(22-13)24-6-1-2-17(24)26/h3-5,7-8,10-11H,1-2,6,9H2,(H,21,25). The number of imidazole rings is 1. The molecule has 1 aliphatic rings. The number of carbonyl (C=O) groups is 2. The zero-order valence-corrected chi connectivity index (χ0v) is 15.8. The number of aromatic nitrogens is 3. The Balaban J connectivity index is 1.40. The zero-order valence-electron chi connectivity index (χ0n) is 14.3. The van der Waals surface area contributed by atoms with Gasteiger partial charge >= 0.3 is 0 Å². The molecule has 9 heteroatoms. The third kappa shape index (κ3) is 3.86. The van der Waals surface area contributed by atoms with Gasteiger partial charge in [-0.3, -0.25) is 14.5 Å². The molecule has 4 rings (SSSR count). The van der Waals surface area contributed by atoms with Crippen molar-refractivity contribution in [3.8, 4) is 5.69 Å². The minimum absolute atomic E-state index is 0.0907. The van der Waals surface area contributed by atoms with Gasteiger partial charge in [-0.25, -0.2) is 9.97 Å². The molecule has 1 fully saturated rings. The molecule has 1 N–H and O–H groups in total. The molecule has 0 radical (unpaired) electrons. The minimum Gasteiger partial charge on any atom is -0.326 e. The number of hydrogen-bond acceptors (Lipinski definition) is 5. The first-order valence-corrected chi connectivity index (χ1v) is 9.68. The summed E-state index contributed by atoms with van der Waals surface area (Å²) in [6.07, 6.45) is 6.67. The number of carbonyl (C=O) groups excluding carboxylic acids is 2. The molecule has 7 nitrogen and oxygen atoms in total. The predicted molar refractivity (Wildman–Crippen MR) is 105 cm³/mol. The van der Waals surface area contributed by atoms with Gasteiger partial charge in [0.2, 0.25) is 11.8 Å². The smallest absolute Gasteiger partial charge is 0.230 e. The van der Waals surface area contributed by atoms with Gasteiger partial charge in [0, 0.05) is 36.4 Å². The van der Waals surface area contributed by atoms with Gasteiger partial charge in [0.05, 0.1) is 29.2 Å². The second-order valence-electron chi connectivity index (χ2n) is 6.13. The van der Waals surface area contributed by atoms with Crippen molar-refractivity contribution in [2.75, 3.05) is 16.8 Å². The van der Waals surface area contributed by atoms with E-state index in [9.17, 15) is 9.59 Å². The van der Waals surface area contributed by atoms with Crippen LogP contribution in [0.25, 0.3) is 5.69 Å². The summed E-state index contributed by atoms with van der Waals surface area (Å²) in [6.45, 7) is 0.694. The molecule has 1 aliphatic heterocycles. The summed E-state index contributed by atoms with van der Waals surface area (Å²) in [5, 5.41) is 5.81. The number of hydrogen-bond donors (Lipinski definition) is 1. The number of benzene rings is 1. The van der Waals surface area contributed by atoms with E-state index < -0.39 is 0 Å². The summed E-state index contributed by atoms with van der Waals surface area (Å²) < 4.78 is 1.80. The van der Waals surface area contributed by atoms with Gasteiger partial charge in [-0.1, -0.05) is 11.6 Å². The molecule has 27 heavy (non-hydrogen) atoms. The van der Waals surface area contributed by atoms with Crippen molar-refractivity contribution in [3.63, 3.8) is 0 Å². The molecule has 2 amide bonds. The summed E-state index contributed by atoms with van der Waals surface area (Å²) in [6, 6.07) is 5.30. The lowest BCUT2D eigenvalue weighted by atomic mass is 10.2. The van der Waals surface area contributed by atoms with Crippen molar-refractivity contribution in [1.29, 1.82) is 0 Å². The molecule has 1 saturated heterocycles.